The number of allylic oxidation sites excluding steroid dienone is 1. The number of ether oxygens (including phenoxy) is 1. The molecular formula is C28H44N2O5S. The van der Waals surface area contributed by atoms with Crippen molar-refractivity contribution in [1.29, 1.82) is 0 Å². The molecule has 0 aromatic carbocycles. The molecule has 1 spiro atoms. The first-order chi connectivity index (χ1) is 17.4. The second-order valence-corrected chi connectivity index (χ2v) is 11.9. The van der Waals surface area contributed by atoms with Crippen LogP contribution in [0.25, 0.3) is 0 Å². The molecule has 202 valence electrons. The number of carbonyl (C=O) groups excluding carboxylic acids is 3. The van der Waals surface area contributed by atoms with Gasteiger partial charge in [-0.05, 0) is 50.9 Å². The summed E-state index contributed by atoms with van der Waals surface area (Å²) in [6, 6.07) is -0.610. The van der Waals surface area contributed by atoms with Gasteiger partial charge in [-0.15, -0.1) is 24.9 Å². The van der Waals surface area contributed by atoms with Crippen LogP contribution in [0.2, 0.25) is 0 Å². The summed E-state index contributed by atoms with van der Waals surface area (Å²) in [4.78, 5) is 45.0. The van der Waals surface area contributed by atoms with Crippen molar-refractivity contribution < 1.29 is 24.2 Å². The van der Waals surface area contributed by atoms with E-state index in [4.69, 9.17) is 4.74 Å². The van der Waals surface area contributed by atoms with Crippen molar-refractivity contribution in [3.05, 3.63) is 25.3 Å². The Morgan fingerprint density at radius 1 is 1.22 bits per heavy atom. The van der Waals surface area contributed by atoms with E-state index in [0.29, 0.717) is 39.1 Å². The molecule has 6 atom stereocenters. The van der Waals surface area contributed by atoms with E-state index in [0.717, 1.165) is 38.5 Å². The summed E-state index contributed by atoms with van der Waals surface area (Å²) < 4.78 is 5.05. The van der Waals surface area contributed by atoms with Gasteiger partial charge >= 0.3 is 5.97 Å². The minimum Gasteiger partial charge on any atom is -0.465 e. The third kappa shape index (κ3) is 5.40. The standard InChI is InChI=1S/C28H44N2O5S/c1-5-8-10-13-18-35-27(34)22-21-19-20(4)28(36-21)23(22)25(32)30(16-11-12-17-31)24(28)26(33)29(14-7-3)15-9-6-2/h5,7,20-24,31H,1,3,6,8-19H2,2,4H3/t20?,21-,22+,23-,24?,28?/m0/s1. The number of likely N-dealkylation sites (tertiary alicyclic amines) is 1. The molecule has 3 aliphatic rings. The van der Waals surface area contributed by atoms with Crippen LogP contribution in [0.15, 0.2) is 25.3 Å². The van der Waals surface area contributed by atoms with E-state index in [1.165, 1.54) is 0 Å². The van der Waals surface area contributed by atoms with Crippen LogP contribution in [0, 0.1) is 17.8 Å². The average molecular weight is 521 g/mol. The summed E-state index contributed by atoms with van der Waals surface area (Å²) in [5.41, 5.74) is 0. The highest BCUT2D eigenvalue weighted by Crippen LogP contribution is 2.68. The lowest BCUT2D eigenvalue weighted by molar-refractivity contribution is -0.154. The van der Waals surface area contributed by atoms with Gasteiger partial charge in [0.05, 0.1) is 23.2 Å². The van der Waals surface area contributed by atoms with Gasteiger partial charge in [-0.25, -0.2) is 0 Å². The van der Waals surface area contributed by atoms with E-state index < -0.39 is 22.6 Å². The first kappa shape index (κ1) is 28.8. The topological polar surface area (TPSA) is 87.2 Å². The number of esters is 1. The van der Waals surface area contributed by atoms with E-state index in [2.05, 4.69) is 27.0 Å². The highest BCUT2D eigenvalue weighted by molar-refractivity contribution is 8.02. The lowest BCUT2D eigenvalue weighted by Gasteiger charge is -2.40. The number of rotatable bonds is 16. The molecule has 3 heterocycles. The molecule has 3 aliphatic heterocycles. The molecule has 36 heavy (non-hydrogen) atoms. The largest absolute Gasteiger partial charge is 0.465 e. The fourth-order valence-electron chi connectivity index (χ4n) is 6.33. The molecule has 8 heteroatoms. The number of carbonyl (C=O) groups is 3. The maximum atomic E-state index is 14.1. The van der Waals surface area contributed by atoms with Crippen molar-refractivity contribution in [3.63, 3.8) is 0 Å². The summed E-state index contributed by atoms with van der Waals surface area (Å²) >= 11 is 1.68. The molecular weight excluding hydrogens is 476 g/mol. The fraction of sp³-hybridized carbons (Fsp3) is 0.750. The average Bonchev–Trinajstić information content (AvgIpc) is 3.45. The molecule has 0 saturated carbocycles. The summed E-state index contributed by atoms with van der Waals surface area (Å²) in [7, 11) is 0. The van der Waals surface area contributed by atoms with Crippen molar-refractivity contribution in [2.75, 3.05) is 32.8 Å². The molecule has 1 N–H and O–H groups in total. The SMILES string of the molecule is C=CCCCCOC(=O)[C@@H]1[C@@H]2CC(C)C3(S2)C(C(=O)N(CC=C)CCCC)N(CCCCO)C(=O)[C@H]13. The third-order valence-corrected chi connectivity index (χ3v) is 10.1. The van der Waals surface area contributed by atoms with Crippen LogP contribution in [0.3, 0.4) is 0 Å². The molecule has 0 aromatic heterocycles. The minimum absolute atomic E-state index is 0.00647. The summed E-state index contributed by atoms with van der Waals surface area (Å²) in [6.07, 6.45) is 9.99. The van der Waals surface area contributed by atoms with Gasteiger partial charge in [0, 0.05) is 31.5 Å². The number of unbranched alkanes of at least 4 members (excludes halogenated alkanes) is 4. The lowest BCUT2D eigenvalue weighted by atomic mass is 9.66. The normalized spacial score (nSPS) is 30.4. The number of aliphatic hydroxyl groups is 1. The van der Waals surface area contributed by atoms with Crippen molar-refractivity contribution in [1.82, 2.24) is 9.80 Å². The van der Waals surface area contributed by atoms with Gasteiger partial charge in [-0.3, -0.25) is 14.4 Å². The maximum Gasteiger partial charge on any atom is 0.310 e. The fourth-order valence-corrected chi connectivity index (χ4v) is 8.73. The second kappa shape index (κ2) is 13.1. The lowest BCUT2D eigenvalue weighted by Crippen LogP contribution is -2.57. The van der Waals surface area contributed by atoms with Crippen molar-refractivity contribution in [3.8, 4) is 0 Å². The quantitative estimate of drug-likeness (QED) is 0.189. The van der Waals surface area contributed by atoms with E-state index in [-0.39, 0.29) is 35.6 Å². The zero-order chi connectivity index (χ0) is 26.3. The maximum absolute atomic E-state index is 14.1. The van der Waals surface area contributed by atoms with E-state index >= 15 is 0 Å². The van der Waals surface area contributed by atoms with Crippen molar-refractivity contribution >= 4 is 29.5 Å². The van der Waals surface area contributed by atoms with E-state index in [9.17, 15) is 19.5 Å². The zero-order valence-electron chi connectivity index (χ0n) is 22.0. The van der Waals surface area contributed by atoms with Gasteiger partial charge in [0.1, 0.15) is 6.04 Å². The van der Waals surface area contributed by atoms with E-state index in [1.807, 2.05) is 11.0 Å². The molecule has 2 bridgehead atoms. The van der Waals surface area contributed by atoms with Gasteiger partial charge < -0.3 is 19.6 Å². The molecule has 3 rings (SSSR count). The van der Waals surface area contributed by atoms with Crippen LogP contribution in [-0.4, -0.2) is 81.6 Å². The Morgan fingerprint density at radius 2 is 2.00 bits per heavy atom. The number of hydrogen-bond acceptors (Lipinski definition) is 6. The smallest absolute Gasteiger partial charge is 0.310 e. The summed E-state index contributed by atoms with van der Waals surface area (Å²) in [5, 5.41) is 9.33. The monoisotopic (exact) mass is 520 g/mol. The number of amides is 2. The first-order valence-corrected chi connectivity index (χ1v) is 14.5. The molecule has 3 fully saturated rings. The molecule has 0 aliphatic carbocycles. The Bertz CT molecular complexity index is 820. The molecule has 3 unspecified atom stereocenters. The second-order valence-electron chi connectivity index (χ2n) is 10.4. The molecule has 3 saturated heterocycles. The molecule has 0 aromatic rings. The predicted molar refractivity (Wildman–Crippen MR) is 143 cm³/mol. The Kier molecular flexibility index (Phi) is 10.5. The number of nitrogens with zero attached hydrogens (tertiary/aromatic N) is 2. The van der Waals surface area contributed by atoms with Crippen LogP contribution in [0.5, 0.6) is 0 Å². The highest BCUT2D eigenvalue weighted by atomic mass is 32.2. The van der Waals surface area contributed by atoms with Crippen LogP contribution in [0.1, 0.15) is 65.2 Å². The number of fused-ring (bicyclic) bond motifs is 1. The van der Waals surface area contributed by atoms with Crippen molar-refractivity contribution in [2.45, 2.75) is 81.3 Å². The first-order valence-electron chi connectivity index (χ1n) is 13.6. The predicted octanol–water partition coefficient (Wildman–Crippen LogP) is 3.81. The zero-order valence-corrected chi connectivity index (χ0v) is 22.8. The number of thioether (sulfide) groups is 1. The van der Waals surface area contributed by atoms with Gasteiger partial charge in [0.2, 0.25) is 11.8 Å². The van der Waals surface area contributed by atoms with Gasteiger partial charge in [0.25, 0.3) is 0 Å². The number of hydrogen-bond donors (Lipinski definition) is 1. The Balaban J connectivity index is 1.91. The van der Waals surface area contributed by atoms with Crippen LogP contribution < -0.4 is 0 Å². The van der Waals surface area contributed by atoms with Crippen LogP contribution in [0.4, 0.5) is 0 Å². The number of aliphatic hydroxyl groups excluding tert-OH is 1. The summed E-state index contributed by atoms with van der Waals surface area (Å²) in [6.45, 7) is 13.7. The van der Waals surface area contributed by atoms with Gasteiger partial charge in [0.15, 0.2) is 0 Å². The third-order valence-electron chi connectivity index (χ3n) is 8.05. The highest BCUT2D eigenvalue weighted by Gasteiger charge is 2.76. The summed E-state index contributed by atoms with van der Waals surface area (Å²) in [5.74, 6) is -1.36. The van der Waals surface area contributed by atoms with Crippen LogP contribution in [-0.2, 0) is 19.1 Å². The Hall–Kier alpha value is -1.80. The van der Waals surface area contributed by atoms with Gasteiger partial charge in [-0.2, -0.15) is 0 Å². The Labute approximate surface area is 220 Å². The molecule has 0 radical (unpaired) electrons. The molecule has 2 amide bonds. The Morgan fingerprint density at radius 3 is 2.67 bits per heavy atom. The van der Waals surface area contributed by atoms with E-state index in [1.54, 1.807) is 22.7 Å². The van der Waals surface area contributed by atoms with Crippen LogP contribution >= 0.6 is 11.8 Å². The molecule has 7 nitrogen and oxygen atoms in total. The minimum atomic E-state index is -0.629. The van der Waals surface area contributed by atoms with Crippen molar-refractivity contribution in [2.24, 2.45) is 17.8 Å². The van der Waals surface area contributed by atoms with Gasteiger partial charge in [-0.1, -0.05) is 32.4 Å².